The first-order valence-electron chi connectivity index (χ1n) is 9.10. The molecule has 0 aliphatic carbocycles. The van der Waals surface area contributed by atoms with Gasteiger partial charge in [0.05, 0.1) is 25.1 Å². The summed E-state index contributed by atoms with van der Waals surface area (Å²) >= 11 is 0. The maximum atomic E-state index is 12.1. The Morgan fingerprint density at radius 2 is 1.80 bits per heavy atom. The first kappa shape index (κ1) is 20.7. The number of carbonyl (C=O) groups is 2. The number of anilines is 1. The van der Waals surface area contributed by atoms with Crippen LogP contribution in [0.25, 0.3) is 11.3 Å². The van der Waals surface area contributed by atoms with Crippen LogP contribution in [0.5, 0.6) is 5.75 Å². The van der Waals surface area contributed by atoms with E-state index in [2.05, 4.69) is 15.8 Å². The van der Waals surface area contributed by atoms with E-state index in [1.54, 1.807) is 50.4 Å². The highest BCUT2D eigenvalue weighted by Gasteiger charge is 2.07. The zero-order valence-corrected chi connectivity index (χ0v) is 16.5. The molecule has 154 valence electrons. The van der Waals surface area contributed by atoms with Gasteiger partial charge in [-0.25, -0.2) is 5.43 Å². The minimum Gasteiger partial charge on any atom is -0.542 e. The number of aromatic carboxylic acids is 1. The molecule has 0 unspecified atom stereocenters. The van der Waals surface area contributed by atoms with Gasteiger partial charge in [0.2, 0.25) is 0 Å². The van der Waals surface area contributed by atoms with E-state index >= 15 is 0 Å². The highest BCUT2D eigenvalue weighted by atomic mass is 16.5. The Kier molecular flexibility index (Phi) is 6.49. The van der Waals surface area contributed by atoms with Gasteiger partial charge in [-0.1, -0.05) is 36.4 Å². The van der Waals surface area contributed by atoms with E-state index in [0.717, 1.165) is 5.56 Å². The number of ether oxygens (including phenoxy) is 1. The zero-order chi connectivity index (χ0) is 21.5. The number of methoxy groups -OCH3 is 1. The second-order valence-electron chi connectivity index (χ2n) is 6.31. The number of carboxylic acids is 1. The number of nitrogens with zero attached hydrogens (tertiary/aromatic N) is 1. The van der Waals surface area contributed by atoms with Crippen molar-refractivity contribution in [3.63, 3.8) is 0 Å². The minimum absolute atomic E-state index is 0.0371. The van der Waals surface area contributed by atoms with Gasteiger partial charge < -0.3 is 24.4 Å². The predicted molar refractivity (Wildman–Crippen MR) is 110 cm³/mol. The molecule has 3 rings (SSSR count). The SMILES string of the molecule is COc1ccccc1NCC(=O)N/N=C(/C)c1ccc(-c2ccc(C(=O)[O-])o2)cc1. The average molecular weight is 406 g/mol. The van der Waals surface area contributed by atoms with Crippen molar-refractivity contribution in [2.45, 2.75) is 6.92 Å². The maximum Gasteiger partial charge on any atom is 0.259 e. The number of para-hydroxylation sites is 2. The topological polar surface area (TPSA) is 116 Å². The molecule has 1 aromatic heterocycles. The number of hydrogen-bond donors (Lipinski definition) is 2. The number of furan rings is 1. The summed E-state index contributed by atoms with van der Waals surface area (Å²) in [7, 11) is 1.56. The number of hydrogen-bond acceptors (Lipinski definition) is 7. The molecule has 2 N–H and O–H groups in total. The van der Waals surface area contributed by atoms with Crippen molar-refractivity contribution >= 4 is 23.3 Å². The molecule has 2 aromatic carbocycles. The Morgan fingerprint density at radius 3 is 2.47 bits per heavy atom. The fraction of sp³-hybridized carbons (Fsp3) is 0.136. The molecule has 0 spiro atoms. The Morgan fingerprint density at radius 1 is 1.07 bits per heavy atom. The van der Waals surface area contributed by atoms with Gasteiger partial charge in [-0.05, 0) is 36.8 Å². The van der Waals surface area contributed by atoms with Crippen LogP contribution >= 0.6 is 0 Å². The first-order chi connectivity index (χ1) is 14.5. The summed E-state index contributed by atoms with van der Waals surface area (Å²) in [6.07, 6.45) is 0. The highest BCUT2D eigenvalue weighted by molar-refractivity contribution is 5.99. The van der Waals surface area contributed by atoms with E-state index in [9.17, 15) is 14.7 Å². The van der Waals surface area contributed by atoms with Crippen LogP contribution in [0.4, 0.5) is 5.69 Å². The fourth-order valence-corrected chi connectivity index (χ4v) is 2.69. The van der Waals surface area contributed by atoms with Crippen molar-refractivity contribution in [3.8, 4) is 17.1 Å². The molecule has 8 nitrogen and oxygen atoms in total. The number of rotatable bonds is 8. The molecule has 1 heterocycles. The lowest BCUT2D eigenvalue weighted by atomic mass is 10.1. The monoisotopic (exact) mass is 406 g/mol. The Bertz CT molecular complexity index is 1070. The maximum absolute atomic E-state index is 12.1. The van der Waals surface area contributed by atoms with Crippen LogP contribution in [0.2, 0.25) is 0 Å². The van der Waals surface area contributed by atoms with Crippen molar-refractivity contribution < 1.29 is 23.8 Å². The molecule has 0 aliphatic rings. The normalized spacial score (nSPS) is 11.1. The highest BCUT2D eigenvalue weighted by Crippen LogP contribution is 2.23. The van der Waals surface area contributed by atoms with E-state index in [-0.39, 0.29) is 18.2 Å². The van der Waals surface area contributed by atoms with Gasteiger partial charge >= 0.3 is 0 Å². The van der Waals surface area contributed by atoms with Crippen LogP contribution in [-0.2, 0) is 4.79 Å². The molecule has 0 saturated carbocycles. The van der Waals surface area contributed by atoms with Crippen LogP contribution in [0.3, 0.4) is 0 Å². The summed E-state index contributed by atoms with van der Waals surface area (Å²) in [6.45, 7) is 1.80. The lowest BCUT2D eigenvalue weighted by Gasteiger charge is -2.10. The van der Waals surface area contributed by atoms with Gasteiger partial charge in [0.1, 0.15) is 23.2 Å². The van der Waals surface area contributed by atoms with E-state index in [0.29, 0.717) is 28.5 Å². The number of hydrazone groups is 1. The van der Waals surface area contributed by atoms with Gasteiger partial charge in [0.25, 0.3) is 5.91 Å². The molecule has 0 aliphatic heterocycles. The third-order valence-electron chi connectivity index (χ3n) is 4.29. The standard InChI is InChI=1S/C22H21N3O5/c1-14(24-25-21(26)13-23-17-5-3-4-6-19(17)29-2)15-7-9-16(10-8-15)18-11-12-20(30-18)22(27)28/h3-12,23H,13H2,1-2H3,(H,25,26)(H,27,28)/p-1/b24-14-. The number of nitrogens with one attached hydrogen (secondary N) is 2. The summed E-state index contributed by atoms with van der Waals surface area (Å²) in [5.74, 6) is -0.824. The van der Waals surface area contributed by atoms with Crippen LogP contribution < -0.4 is 20.6 Å². The lowest BCUT2D eigenvalue weighted by molar-refractivity contribution is -0.257. The minimum atomic E-state index is -1.36. The van der Waals surface area contributed by atoms with Crippen LogP contribution in [0.15, 0.2) is 70.2 Å². The molecule has 1 amide bonds. The summed E-state index contributed by atoms with van der Waals surface area (Å²) in [4.78, 5) is 22.9. The van der Waals surface area contributed by atoms with Crippen molar-refractivity contribution in [2.24, 2.45) is 5.10 Å². The Labute approximate surface area is 173 Å². The van der Waals surface area contributed by atoms with Crippen molar-refractivity contribution in [1.82, 2.24) is 5.43 Å². The van der Waals surface area contributed by atoms with E-state index in [1.807, 2.05) is 18.2 Å². The van der Waals surface area contributed by atoms with Gasteiger partial charge in [-0.15, -0.1) is 0 Å². The molecular formula is C22H20N3O5-. The van der Waals surface area contributed by atoms with Gasteiger partial charge in [-0.2, -0.15) is 5.10 Å². The van der Waals surface area contributed by atoms with Crippen LogP contribution in [0, 0.1) is 0 Å². The largest absolute Gasteiger partial charge is 0.542 e. The third-order valence-corrected chi connectivity index (χ3v) is 4.29. The molecule has 8 heteroatoms. The van der Waals surface area contributed by atoms with Crippen LogP contribution in [-0.4, -0.2) is 31.2 Å². The molecular weight excluding hydrogens is 386 g/mol. The fourth-order valence-electron chi connectivity index (χ4n) is 2.69. The second-order valence-corrected chi connectivity index (χ2v) is 6.31. The average Bonchev–Trinajstić information content (AvgIpc) is 3.27. The molecule has 3 aromatic rings. The van der Waals surface area contributed by atoms with Crippen molar-refractivity contribution in [3.05, 3.63) is 72.0 Å². The van der Waals surface area contributed by atoms with Crippen molar-refractivity contribution in [1.29, 1.82) is 0 Å². The van der Waals surface area contributed by atoms with Crippen LogP contribution in [0.1, 0.15) is 23.0 Å². The Hall–Kier alpha value is -4.07. The second kappa shape index (κ2) is 9.42. The molecule has 0 fully saturated rings. The summed E-state index contributed by atoms with van der Waals surface area (Å²) < 4.78 is 10.5. The van der Waals surface area contributed by atoms with E-state index in [4.69, 9.17) is 9.15 Å². The van der Waals surface area contributed by atoms with Gasteiger partial charge in [0.15, 0.2) is 0 Å². The third kappa shape index (κ3) is 5.05. The first-order valence-corrected chi connectivity index (χ1v) is 9.10. The van der Waals surface area contributed by atoms with Gasteiger partial charge in [0, 0.05) is 5.56 Å². The predicted octanol–water partition coefficient (Wildman–Crippen LogP) is 2.27. The van der Waals surface area contributed by atoms with Crippen molar-refractivity contribution in [2.75, 3.05) is 19.0 Å². The smallest absolute Gasteiger partial charge is 0.259 e. The molecule has 30 heavy (non-hydrogen) atoms. The summed E-state index contributed by atoms with van der Waals surface area (Å²) in [6, 6.07) is 17.4. The number of carbonyl (C=O) groups excluding carboxylic acids is 2. The zero-order valence-electron chi connectivity index (χ0n) is 16.5. The molecule has 0 atom stereocenters. The molecule has 0 saturated heterocycles. The summed E-state index contributed by atoms with van der Waals surface area (Å²) in [5.41, 5.74) is 5.34. The number of amides is 1. The lowest BCUT2D eigenvalue weighted by Crippen LogP contribution is -2.26. The Balaban J connectivity index is 1.58. The molecule has 0 bridgehead atoms. The quantitative estimate of drug-likeness (QED) is 0.438. The number of carboxylic acid groups (broad SMARTS) is 1. The number of benzene rings is 2. The molecule has 0 radical (unpaired) electrons. The van der Waals surface area contributed by atoms with E-state index < -0.39 is 5.97 Å². The van der Waals surface area contributed by atoms with Gasteiger partial charge in [-0.3, -0.25) is 4.79 Å². The summed E-state index contributed by atoms with van der Waals surface area (Å²) in [5, 5.41) is 17.9. The van der Waals surface area contributed by atoms with E-state index in [1.165, 1.54) is 6.07 Å².